The number of hydrogen-bond donors (Lipinski definition) is 3. The molecular formula is C12H18F2N2O. The lowest BCUT2D eigenvalue weighted by Gasteiger charge is -2.25. The largest absolute Gasteiger partial charge is 0.330 e. The molecule has 1 rings (SSSR count). The molecule has 0 heterocycles. The number of benzene rings is 1. The Kier molecular flexibility index (Phi) is 5.47. The topological polar surface area (TPSA) is 58.3 Å². The molecule has 0 aliphatic carbocycles. The molecule has 0 saturated heterocycles. The molecule has 0 aromatic heterocycles. The van der Waals surface area contributed by atoms with Crippen molar-refractivity contribution in [2.24, 2.45) is 11.7 Å². The van der Waals surface area contributed by atoms with Crippen molar-refractivity contribution in [1.29, 1.82) is 0 Å². The predicted octanol–water partition coefficient (Wildman–Crippen LogP) is 2.36. The Morgan fingerprint density at radius 2 is 2.12 bits per heavy atom. The highest BCUT2D eigenvalue weighted by Crippen LogP contribution is 2.28. The molecule has 2 atom stereocenters. The Hall–Kier alpha value is -1.04. The van der Waals surface area contributed by atoms with Crippen molar-refractivity contribution in [1.82, 2.24) is 5.48 Å². The van der Waals surface area contributed by atoms with E-state index in [4.69, 9.17) is 10.9 Å². The molecule has 1 aromatic carbocycles. The van der Waals surface area contributed by atoms with Gasteiger partial charge in [0.05, 0.1) is 6.04 Å². The third kappa shape index (κ3) is 3.46. The number of nitrogens with one attached hydrogen (secondary N) is 1. The summed E-state index contributed by atoms with van der Waals surface area (Å²) < 4.78 is 26.4. The van der Waals surface area contributed by atoms with Crippen LogP contribution >= 0.6 is 0 Å². The van der Waals surface area contributed by atoms with Gasteiger partial charge in [-0.15, -0.1) is 0 Å². The Bertz CT molecular complexity index is 360. The summed E-state index contributed by atoms with van der Waals surface area (Å²) >= 11 is 0. The van der Waals surface area contributed by atoms with Crippen LogP contribution in [0, 0.1) is 17.6 Å². The van der Waals surface area contributed by atoms with Gasteiger partial charge in [-0.1, -0.05) is 19.4 Å². The average Bonchev–Trinajstić information content (AvgIpc) is 2.31. The van der Waals surface area contributed by atoms with Crippen molar-refractivity contribution >= 4 is 0 Å². The van der Waals surface area contributed by atoms with E-state index in [2.05, 4.69) is 5.48 Å². The van der Waals surface area contributed by atoms with E-state index in [1.807, 2.05) is 6.92 Å². The molecule has 4 N–H and O–H groups in total. The smallest absolute Gasteiger partial charge is 0.130 e. The van der Waals surface area contributed by atoms with Crippen LogP contribution in [0.5, 0.6) is 0 Å². The van der Waals surface area contributed by atoms with Crippen LogP contribution in [0.1, 0.15) is 31.4 Å². The van der Waals surface area contributed by atoms with E-state index in [-0.39, 0.29) is 11.5 Å². The second kappa shape index (κ2) is 6.64. The SMILES string of the molecule is CCC(CCN)C(NO)c1ccc(F)cc1F. The van der Waals surface area contributed by atoms with Crippen LogP contribution in [0.15, 0.2) is 18.2 Å². The van der Waals surface area contributed by atoms with Crippen molar-refractivity contribution in [3.05, 3.63) is 35.4 Å². The summed E-state index contributed by atoms with van der Waals surface area (Å²) in [5.41, 5.74) is 7.83. The first-order chi connectivity index (χ1) is 8.13. The zero-order chi connectivity index (χ0) is 12.8. The molecule has 0 saturated carbocycles. The molecular weight excluding hydrogens is 226 g/mol. The van der Waals surface area contributed by atoms with E-state index in [0.717, 1.165) is 12.5 Å². The van der Waals surface area contributed by atoms with Gasteiger partial charge in [0.15, 0.2) is 0 Å². The van der Waals surface area contributed by atoms with Gasteiger partial charge in [-0.2, -0.15) is 5.48 Å². The molecule has 5 heteroatoms. The van der Waals surface area contributed by atoms with Crippen molar-refractivity contribution in [3.8, 4) is 0 Å². The van der Waals surface area contributed by atoms with Crippen molar-refractivity contribution < 1.29 is 14.0 Å². The minimum Gasteiger partial charge on any atom is -0.330 e. The van der Waals surface area contributed by atoms with Crippen LogP contribution < -0.4 is 11.2 Å². The van der Waals surface area contributed by atoms with Crippen LogP contribution in [-0.2, 0) is 0 Å². The molecule has 1 aromatic rings. The maximum atomic E-state index is 13.6. The molecule has 0 aliphatic heterocycles. The second-order valence-electron chi connectivity index (χ2n) is 4.02. The number of hydroxylamine groups is 1. The molecule has 0 bridgehead atoms. The molecule has 0 spiro atoms. The second-order valence-corrected chi connectivity index (χ2v) is 4.02. The normalized spacial score (nSPS) is 14.6. The fourth-order valence-corrected chi connectivity index (χ4v) is 2.00. The monoisotopic (exact) mass is 244 g/mol. The summed E-state index contributed by atoms with van der Waals surface area (Å²) in [5, 5.41) is 9.15. The Morgan fingerprint density at radius 3 is 2.59 bits per heavy atom. The van der Waals surface area contributed by atoms with Crippen LogP contribution in [0.2, 0.25) is 0 Å². The minimum atomic E-state index is -0.660. The molecule has 0 fully saturated rings. The minimum absolute atomic E-state index is 0.00459. The van der Waals surface area contributed by atoms with Crippen LogP contribution in [0.25, 0.3) is 0 Å². The molecule has 2 unspecified atom stereocenters. The quantitative estimate of drug-likeness (QED) is 0.673. The highest BCUT2D eigenvalue weighted by atomic mass is 19.1. The number of nitrogens with two attached hydrogens (primary N) is 1. The van der Waals surface area contributed by atoms with Gasteiger partial charge in [-0.05, 0) is 24.9 Å². The lowest BCUT2D eigenvalue weighted by molar-refractivity contribution is 0.0910. The lowest BCUT2D eigenvalue weighted by atomic mass is 9.88. The van der Waals surface area contributed by atoms with Crippen LogP contribution in [-0.4, -0.2) is 11.8 Å². The van der Waals surface area contributed by atoms with Gasteiger partial charge in [-0.25, -0.2) is 8.78 Å². The zero-order valence-corrected chi connectivity index (χ0v) is 9.79. The fraction of sp³-hybridized carbons (Fsp3) is 0.500. The highest BCUT2D eigenvalue weighted by molar-refractivity contribution is 5.22. The van der Waals surface area contributed by atoms with Gasteiger partial charge in [0.1, 0.15) is 11.6 Å². The fourth-order valence-electron chi connectivity index (χ4n) is 2.00. The maximum absolute atomic E-state index is 13.6. The van der Waals surface area contributed by atoms with Gasteiger partial charge < -0.3 is 10.9 Å². The first-order valence-corrected chi connectivity index (χ1v) is 5.68. The molecule has 0 radical (unpaired) electrons. The summed E-state index contributed by atoms with van der Waals surface area (Å²) in [6.45, 7) is 2.39. The van der Waals surface area contributed by atoms with E-state index < -0.39 is 17.7 Å². The van der Waals surface area contributed by atoms with Crippen molar-refractivity contribution in [2.75, 3.05) is 6.54 Å². The van der Waals surface area contributed by atoms with E-state index in [0.29, 0.717) is 13.0 Å². The van der Waals surface area contributed by atoms with E-state index >= 15 is 0 Å². The number of hydrogen-bond acceptors (Lipinski definition) is 3. The summed E-state index contributed by atoms with van der Waals surface area (Å²) in [6, 6.07) is 2.77. The molecule has 3 nitrogen and oxygen atoms in total. The molecule has 17 heavy (non-hydrogen) atoms. The van der Waals surface area contributed by atoms with Crippen LogP contribution in [0.4, 0.5) is 8.78 Å². The number of rotatable bonds is 6. The first-order valence-electron chi connectivity index (χ1n) is 5.68. The summed E-state index contributed by atoms with van der Waals surface area (Å²) in [7, 11) is 0. The van der Waals surface area contributed by atoms with Gasteiger partial charge in [0.2, 0.25) is 0 Å². The van der Waals surface area contributed by atoms with Gasteiger partial charge in [-0.3, -0.25) is 0 Å². The van der Waals surface area contributed by atoms with Gasteiger partial charge in [0, 0.05) is 11.6 Å². The third-order valence-electron chi connectivity index (χ3n) is 2.97. The van der Waals surface area contributed by atoms with E-state index in [9.17, 15) is 8.78 Å². The molecule has 0 aliphatic rings. The molecule has 0 amide bonds. The summed E-state index contributed by atoms with van der Waals surface area (Å²) in [6.07, 6.45) is 1.40. The number of halogens is 2. The predicted molar refractivity (Wildman–Crippen MR) is 61.5 cm³/mol. The van der Waals surface area contributed by atoms with E-state index in [1.165, 1.54) is 12.1 Å². The van der Waals surface area contributed by atoms with Crippen molar-refractivity contribution in [3.63, 3.8) is 0 Å². The lowest BCUT2D eigenvalue weighted by Crippen LogP contribution is -2.28. The standard InChI is InChI=1S/C12H18F2N2O/c1-2-8(5-6-15)12(16-17)10-4-3-9(13)7-11(10)14/h3-4,7-8,12,16-17H,2,5-6,15H2,1H3. The summed E-state index contributed by atoms with van der Waals surface area (Å²) in [5.74, 6) is -1.29. The summed E-state index contributed by atoms with van der Waals surface area (Å²) in [4.78, 5) is 0. The Labute approximate surface area is 99.6 Å². The highest BCUT2D eigenvalue weighted by Gasteiger charge is 2.23. The third-order valence-corrected chi connectivity index (χ3v) is 2.97. The van der Waals surface area contributed by atoms with E-state index in [1.54, 1.807) is 0 Å². The molecule has 96 valence electrons. The van der Waals surface area contributed by atoms with Gasteiger partial charge in [0.25, 0.3) is 0 Å². The van der Waals surface area contributed by atoms with Crippen molar-refractivity contribution in [2.45, 2.75) is 25.8 Å². The first kappa shape index (κ1) is 14.0. The maximum Gasteiger partial charge on any atom is 0.130 e. The van der Waals surface area contributed by atoms with Crippen LogP contribution in [0.3, 0.4) is 0 Å². The average molecular weight is 244 g/mol. The zero-order valence-electron chi connectivity index (χ0n) is 9.79. The van der Waals surface area contributed by atoms with Gasteiger partial charge >= 0.3 is 0 Å². The Morgan fingerprint density at radius 1 is 1.41 bits per heavy atom. The Balaban J connectivity index is 2.99.